The van der Waals surface area contributed by atoms with Gasteiger partial charge in [-0.05, 0) is 30.7 Å². The minimum absolute atomic E-state index is 0.272. The highest BCUT2D eigenvalue weighted by Gasteiger charge is 2.12. The molecule has 0 aliphatic carbocycles. The van der Waals surface area contributed by atoms with Crippen molar-refractivity contribution in [3.63, 3.8) is 0 Å². The van der Waals surface area contributed by atoms with Gasteiger partial charge >= 0.3 is 0 Å². The second-order valence-electron chi connectivity index (χ2n) is 3.37. The minimum Gasteiger partial charge on any atom is -0.391 e. The van der Waals surface area contributed by atoms with Crippen LogP contribution in [0.1, 0.15) is 12.5 Å². The lowest BCUT2D eigenvalue weighted by atomic mass is 10.0. The van der Waals surface area contributed by atoms with Crippen LogP contribution in [0.25, 0.3) is 0 Å². The maximum atomic E-state index is 12.8. The molecule has 1 unspecified atom stereocenters. The van der Waals surface area contributed by atoms with E-state index < -0.39 is 6.10 Å². The van der Waals surface area contributed by atoms with E-state index in [-0.39, 0.29) is 18.3 Å². The van der Waals surface area contributed by atoms with E-state index in [1.54, 1.807) is 6.92 Å². The first kappa shape index (κ1) is 11.4. The molecule has 0 aliphatic rings. The van der Waals surface area contributed by atoms with Crippen LogP contribution < -0.4 is 5.73 Å². The van der Waals surface area contributed by atoms with Gasteiger partial charge in [-0.15, -0.1) is 0 Å². The molecule has 0 radical (unpaired) electrons. The molecule has 0 heterocycles. The van der Waals surface area contributed by atoms with E-state index in [1.807, 2.05) is 0 Å². The fourth-order valence-electron chi connectivity index (χ4n) is 1.11. The summed E-state index contributed by atoms with van der Waals surface area (Å²) in [4.78, 5) is 0. The highest BCUT2D eigenvalue weighted by atomic mass is 35.5. The Kier molecular flexibility index (Phi) is 3.86. The largest absolute Gasteiger partial charge is 0.391 e. The number of halogens is 2. The summed E-state index contributed by atoms with van der Waals surface area (Å²) in [5.41, 5.74) is 6.07. The molecule has 14 heavy (non-hydrogen) atoms. The van der Waals surface area contributed by atoms with Gasteiger partial charge in [-0.3, -0.25) is 0 Å². The Labute approximate surface area is 87.5 Å². The van der Waals surface area contributed by atoms with Gasteiger partial charge in [0.2, 0.25) is 0 Å². The van der Waals surface area contributed by atoms with Crippen molar-refractivity contribution in [2.45, 2.75) is 25.5 Å². The number of aliphatic hydroxyl groups excluding tert-OH is 1. The van der Waals surface area contributed by atoms with Crippen LogP contribution in [0.5, 0.6) is 0 Å². The summed E-state index contributed by atoms with van der Waals surface area (Å²) in [5.74, 6) is -0.360. The van der Waals surface area contributed by atoms with E-state index in [4.69, 9.17) is 17.3 Å². The summed E-state index contributed by atoms with van der Waals surface area (Å²) in [6.45, 7) is 1.69. The maximum absolute atomic E-state index is 12.8. The van der Waals surface area contributed by atoms with E-state index in [0.29, 0.717) is 10.6 Å². The van der Waals surface area contributed by atoms with Gasteiger partial charge in [-0.1, -0.05) is 11.6 Å². The Morgan fingerprint density at radius 1 is 1.57 bits per heavy atom. The van der Waals surface area contributed by atoms with Crippen molar-refractivity contribution < 1.29 is 9.50 Å². The topological polar surface area (TPSA) is 46.2 Å². The minimum atomic E-state index is -0.700. The average Bonchev–Trinajstić information content (AvgIpc) is 2.11. The highest BCUT2D eigenvalue weighted by molar-refractivity contribution is 6.31. The molecule has 0 aromatic heterocycles. The van der Waals surface area contributed by atoms with Crippen molar-refractivity contribution in [1.29, 1.82) is 0 Å². The summed E-state index contributed by atoms with van der Waals surface area (Å²) in [5, 5.41) is 9.94. The molecule has 0 bridgehead atoms. The van der Waals surface area contributed by atoms with E-state index in [9.17, 15) is 9.50 Å². The van der Waals surface area contributed by atoms with Crippen molar-refractivity contribution in [2.75, 3.05) is 0 Å². The van der Waals surface area contributed by atoms with Crippen molar-refractivity contribution in [3.8, 4) is 0 Å². The molecule has 78 valence electrons. The number of hydrogen-bond donors (Lipinski definition) is 2. The third-order valence-electron chi connectivity index (χ3n) is 2.04. The lowest BCUT2D eigenvalue weighted by Gasteiger charge is -2.15. The second-order valence-corrected chi connectivity index (χ2v) is 3.77. The zero-order valence-electron chi connectivity index (χ0n) is 7.87. The monoisotopic (exact) mass is 217 g/mol. The molecule has 1 rings (SSSR count). The molecule has 0 saturated carbocycles. The summed E-state index contributed by atoms with van der Waals surface area (Å²) in [7, 11) is 0. The van der Waals surface area contributed by atoms with Crippen LogP contribution in [0.2, 0.25) is 5.02 Å². The quantitative estimate of drug-likeness (QED) is 0.810. The van der Waals surface area contributed by atoms with Gasteiger partial charge in [0, 0.05) is 17.5 Å². The Morgan fingerprint density at radius 2 is 2.21 bits per heavy atom. The van der Waals surface area contributed by atoms with Crippen LogP contribution >= 0.6 is 11.6 Å². The Balaban J connectivity index is 2.80. The number of rotatable bonds is 3. The highest BCUT2D eigenvalue weighted by Crippen LogP contribution is 2.19. The number of hydrogen-bond acceptors (Lipinski definition) is 2. The molecule has 2 nitrogen and oxygen atoms in total. The molecule has 0 fully saturated rings. The van der Waals surface area contributed by atoms with Crippen LogP contribution in [0.3, 0.4) is 0 Å². The second kappa shape index (κ2) is 4.73. The molecular formula is C10H13ClFNO. The van der Waals surface area contributed by atoms with Crippen molar-refractivity contribution in [3.05, 3.63) is 34.6 Å². The van der Waals surface area contributed by atoms with E-state index in [0.717, 1.165) is 0 Å². The SMILES string of the molecule is C[C@@H](N)C(O)Cc1cc(F)ccc1Cl. The van der Waals surface area contributed by atoms with Crippen LogP contribution in [0.15, 0.2) is 18.2 Å². The molecular weight excluding hydrogens is 205 g/mol. The third kappa shape index (κ3) is 2.94. The standard InChI is InChI=1S/C10H13ClFNO/c1-6(13)10(14)5-7-4-8(12)2-3-9(7)11/h2-4,6,10,14H,5,13H2,1H3/t6-,10?/m1/s1. The number of aliphatic hydroxyl groups is 1. The third-order valence-corrected chi connectivity index (χ3v) is 2.41. The Bertz CT molecular complexity index is 317. The van der Waals surface area contributed by atoms with Crippen LogP contribution in [0.4, 0.5) is 4.39 Å². The molecule has 0 saturated heterocycles. The predicted octanol–water partition coefficient (Wildman–Crippen LogP) is 1.73. The molecule has 0 amide bonds. The van der Waals surface area contributed by atoms with Crippen molar-refractivity contribution >= 4 is 11.6 Å². The first-order valence-corrected chi connectivity index (χ1v) is 4.76. The van der Waals surface area contributed by atoms with E-state index >= 15 is 0 Å². The lowest BCUT2D eigenvalue weighted by Crippen LogP contribution is -2.33. The fraction of sp³-hybridized carbons (Fsp3) is 0.400. The average molecular weight is 218 g/mol. The van der Waals surface area contributed by atoms with Gasteiger partial charge < -0.3 is 10.8 Å². The molecule has 1 aromatic carbocycles. The van der Waals surface area contributed by atoms with E-state index in [1.165, 1.54) is 18.2 Å². The Hall–Kier alpha value is -0.640. The molecule has 0 aliphatic heterocycles. The van der Waals surface area contributed by atoms with Gasteiger partial charge in [0.25, 0.3) is 0 Å². The molecule has 4 heteroatoms. The summed E-state index contributed by atoms with van der Waals surface area (Å²) >= 11 is 5.83. The lowest BCUT2D eigenvalue weighted by molar-refractivity contribution is 0.151. The zero-order chi connectivity index (χ0) is 10.7. The van der Waals surface area contributed by atoms with Crippen LogP contribution in [0, 0.1) is 5.82 Å². The van der Waals surface area contributed by atoms with Gasteiger partial charge in [0.15, 0.2) is 0 Å². The van der Waals surface area contributed by atoms with Gasteiger partial charge in [0.05, 0.1) is 6.10 Å². The summed E-state index contributed by atoms with van der Waals surface area (Å²) < 4.78 is 12.8. The molecule has 2 atom stereocenters. The predicted molar refractivity (Wildman–Crippen MR) is 54.8 cm³/mol. The van der Waals surface area contributed by atoms with Gasteiger partial charge in [-0.25, -0.2) is 4.39 Å². The van der Waals surface area contributed by atoms with Crippen molar-refractivity contribution in [1.82, 2.24) is 0 Å². The van der Waals surface area contributed by atoms with Crippen molar-refractivity contribution in [2.24, 2.45) is 5.73 Å². The van der Waals surface area contributed by atoms with Crippen LogP contribution in [-0.2, 0) is 6.42 Å². The molecule has 3 N–H and O–H groups in total. The Morgan fingerprint density at radius 3 is 2.79 bits per heavy atom. The summed E-state index contributed by atoms with van der Waals surface area (Å²) in [6, 6.07) is 3.72. The molecule has 0 spiro atoms. The first-order valence-electron chi connectivity index (χ1n) is 4.38. The fourth-order valence-corrected chi connectivity index (χ4v) is 1.31. The molecule has 1 aromatic rings. The number of nitrogens with two attached hydrogens (primary N) is 1. The zero-order valence-corrected chi connectivity index (χ0v) is 8.63. The van der Waals surface area contributed by atoms with Crippen LogP contribution in [-0.4, -0.2) is 17.3 Å². The first-order chi connectivity index (χ1) is 6.50. The van der Waals surface area contributed by atoms with E-state index in [2.05, 4.69) is 0 Å². The smallest absolute Gasteiger partial charge is 0.123 e. The summed E-state index contributed by atoms with van der Waals surface area (Å²) in [6.07, 6.45) is -0.428. The normalized spacial score (nSPS) is 15.2. The maximum Gasteiger partial charge on any atom is 0.123 e. The van der Waals surface area contributed by atoms with Gasteiger partial charge in [-0.2, -0.15) is 0 Å². The number of benzene rings is 1. The van der Waals surface area contributed by atoms with Gasteiger partial charge in [0.1, 0.15) is 5.82 Å².